The van der Waals surface area contributed by atoms with Gasteiger partial charge in [0.2, 0.25) is 5.91 Å². The van der Waals surface area contributed by atoms with Gasteiger partial charge in [-0.3, -0.25) is 19.5 Å². The molecule has 160 valence electrons. The van der Waals surface area contributed by atoms with Gasteiger partial charge in [0.25, 0.3) is 5.69 Å². The van der Waals surface area contributed by atoms with Crippen LogP contribution in [-0.2, 0) is 4.79 Å². The van der Waals surface area contributed by atoms with Crippen molar-refractivity contribution in [2.75, 3.05) is 5.75 Å². The molecule has 0 spiro atoms. The largest absolute Gasteiger partial charge is 0.353 e. The number of unbranched alkanes of at least 4 members (excludes halogenated alkanes) is 1. The number of hydrogen-bond donors (Lipinski definition) is 1. The van der Waals surface area contributed by atoms with Gasteiger partial charge < -0.3 is 5.32 Å². The van der Waals surface area contributed by atoms with Gasteiger partial charge in [-0.1, -0.05) is 30.0 Å². The van der Waals surface area contributed by atoms with E-state index in [0.717, 1.165) is 47.8 Å². The number of para-hydroxylation sites is 1. The molecule has 4 rings (SSSR count). The molecule has 0 atom stereocenters. The number of thioether (sulfide) groups is 1. The maximum Gasteiger partial charge on any atom is 0.269 e. The first-order chi connectivity index (χ1) is 15.1. The van der Waals surface area contributed by atoms with Gasteiger partial charge in [0, 0.05) is 41.6 Å². The number of carbonyl (C=O) groups is 1. The first kappa shape index (κ1) is 21.0. The Morgan fingerprint density at radius 3 is 2.52 bits per heavy atom. The number of nitro benzene ring substituents is 1. The van der Waals surface area contributed by atoms with Crippen LogP contribution in [0.15, 0.2) is 59.8 Å². The molecule has 1 amide bonds. The highest BCUT2D eigenvalue weighted by molar-refractivity contribution is 7.99. The van der Waals surface area contributed by atoms with Crippen LogP contribution in [-0.4, -0.2) is 37.4 Å². The zero-order valence-corrected chi connectivity index (χ0v) is 17.8. The van der Waals surface area contributed by atoms with Crippen molar-refractivity contribution < 1.29 is 9.72 Å². The third-order valence-electron chi connectivity index (χ3n) is 4.96. The number of nitro groups is 1. The predicted molar refractivity (Wildman–Crippen MR) is 119 cm³/mol. The molecule has 1 aliphatic carbocycles. The Labute approximate surface area is 184 Å². The van der Waals surface area contributed by atoms with E-state index in [1.165, 1.54) is 12.1 Å². The lowest BCUT2D eigenvalue weighted by Crippen LogP contribution is -2.24. The van der Waals surface area contributed by atoms with Crippen molar-refractivity contribution in [3.63, 3.8) is 0 Å². The number of nitrogens with one attached hydrogen (secondary N) is 1. The van der Waals surface area contributed by atoms with Crippen molar-refractivity contribution in [3.8, 4) is 17.1 Å². The van der Waals surface area contributed by atoms with E-state index in [1.54, 1.807) is 23.9 Å². The average Bonchev–Trinajstić information content (AvgIpc) is 3.50. The van der Waals surface area contributed by atoms with Gasteiger partial charge in [0.15, 0.2) is 11.0 Å². The Balaban J connectivity index is 1.46. The fourth-order valence-corrected chi connectivity index (χ4v) is 4.12. The highest BCUT2D eigenvalue weighted by Crippen LogP contribution is 2.29. The number of amides is 1. The van der Waals surface area contributed by atoms with Gasteiger partial charge in [-0.15, -0.1) is 10.2 Å². The number of carbonyl (C=O) groups excluding carboxylic acids is 1. The van der Waals surface area contributed by atoms with E-state index in [-0.39, 0.29) is 11.6 Å². The number of rotatable bonds is 10. The van der Waals surface area contributed by atoms with Gasteiger partial charge >= 0.3 is 0 Å². The van der Waals surface area contributed by atoms with Crippen molar-refractivity contribution in [1.82, 2.24) is 20.1 Å². The molecule has 31 heavy (non-hydrogen) atoms. The Hall–Kier alpha value is -3.20. The van der Waals surface area contributed by atoms with Gasteiger partial charge in [-0.2, -0.15) is 0 Å². The molecule has 0 aliphatic heterocycles. The second kappa shape index (κ2) is 9.74. The average molecular weight is 438 g/mol. The molecule has 2 aromatic carbocycles. The van der Waals surface area contributed by atoms with Crippen LogP contribution in [0.2, 0.25) is 0 Å². The molecule has 0 saturated heterocycles. The van der Waals surface area contributed by atoms with Crippen LogP contribution in [0, 0.1) is 10.1 Å². The topological polar surface area (TPSA) is 103 Å². The van der Waals surface area contributed by atoms with E-state index in [0.29, 0.717) is 18.3 Å². The lowest BCUT2D eigenvalue weighted by molar-refractivity contribution is -0.384. The summed E-state index contributed by atoms with van der Waals surface area (Å²) < 4.78 is 1.96. The van der Waals surface area contributed by atoms with E-state index in [1.807, 2.05) is 34.9 Å². The van der Waals surface area contributed by atoms with Gasteiger partial charge in [-0.25, -0.2) is 0 Å². The van der Waals surface area contributed by atoms with Crippen LogP contribution in [0.3, 0.4) is 0 Å². The third-order valence-corrected chi connectivity index (χ3v) is 5.97. The maximum absolute atomic E-state index is 11.8. The van der Waals surface area contributed by atoms with Crippen molar-refractivity contribution in [3.05, 3.63) is 64.7 Å². The van der Waals surface area contributed by atoms with Gasteiger partial charge in [-0.05, 0) is 49.9 Å². The summed E-state index contributed by atoms with van der Waals surface area (Å²) in [4.78, 5) is 22.3. The van der Waals surface area contributed by atoms with Crippen molar-refractivity contribution in [2.45, 2.75) is 43.3 Å². The molecular weight excluding hydrogens is 414 g/mol. The Bertz CT molecular complexity index is 1050. The smallest absolute Gasteiger partial charge is 0.269 e. The number of hydrogen-bond acceptors (Lipinski definition) is 6. The summed E-state index contributed by atoms with van der Waals surface area (Å²) in [6.45, 7) is 0. The van der Waals surface area contributed by atoms with Gasteiger partial charge in [0.05, 0.1) is 4.92 Å². The number of non-ortho nitro benzene ring substituents is 1. The molecule has 0 bridgehead atoms. The number of aromatic nitrogens is 3. The molecule has 1 aliphatic rings. The van der Waals surface area contributed by atoms with Crippen LogP contribution in [0.1, 0.15) is 32.1 Å². The highest BCUT2D eigenvalue weighted by atomic mass is 32.2. The summed E-state index contributed by atoms with van der Waals surface area (Å²) in [5.41, 5.74) is 1.72. The molecule has 1 aromatic heterocycles. The summed E-state index contributed by atoms with van der Waals surface area (Å²) in [5, 5.41) is 23.4. The molecule has 0 unspecified atom stereocenters. The monoisotopic (exact) mass is 437 g/mol. The van der Waals surface area contributed by atoms with Crippen molar-refractivity contribution in [1.29, 1.82) is 0 Å². The summed E-state index contributed by atoms with van der Waals surface area (Å²) >= 11 is 1.59. The molecule has 0 radical (unpaired) electrons. The Kier molecular flexibility index (Phi) is 6.61. The molecule has 3 aromatic rings. The van der Waals surface area contributed by atoms with Crippen LogP contribution in [0.4, 0.5) is 5.69 Å². The van der Waals surface area contributed by atoms with Gasteiger partial charge in [0.1, 0.15) is 0 Å². The first-order valence-corrected chi connectivity index (χ1v) is 11.3. The normalized spacial score (nSPS) is 13.2. The number of nitrogens with zero attached hydrogens (tertiary/aromatic N) is 4. The molecule has 9 heteroatoms. The standard InChI is InChI=1S/C22H23N5O3S/c28-20(23-17-11-12-17)8-4-5-15-31-22-25-24-21(26(22)18-6-2-1-3-7-18)16-9-13-19(14-10-16)27(29)30/h1-3,6-7,9-10,13-14,17H,4-5,8,11-12,15H2,(H,23,28). The minimum absolute atomic E-state index is 0.0369. The van der Waals surface area contributed by atoms with E-state index in [9.17, 15) is 14.9 Å². The first-order valence-electron chi connectivity index (χ1n) is 10.3. The molecule has 1 saturated carbocycles. The summed E-state index contributed by atoms with van der Waals surface area (Å²) in [6.07, 6.45) is 4.50. The fraction of sp³-hybridized carbons (Fsp3) is 0.318. The van der Waals surface area contributed by atoms with E-state index in [4.69, 9.17) is 0 Å². The second-order valence-electron chi connectivity index (χ2n) is 7.43. The quantitative estimate of drug-likeness (QED) is 0.218. The minimum atomic E-state index is -0.419. The van der Waals surface area contributed by atoms with Crippen LogP contribution >= 0.6 is 11.8 Å². The SMILES string of the molecule is O=C(CCCCSc1nnc(-c2ccc([N+](=O)[O-])cc2)n1-c1ccccc1)NC1CC1. The summed E-state index contributed by atoms with van der Waals surface area (Å²) in [7, 11) is 0. The molecular formula is C22H23N5O3S. The van der Waals surface area contributed by atoms with Crippen molar-refractivity contribution in [2.24, 2.45) is 0 Å². The molecule has 1 heterocycles. The van der Waals surface area contributed by atoms with E-state index < -0.39 is 4.92 Å². The molecule has 1 fully saturated rings. The van der Waals surface area contributed by atoms with Crippen molar-refractivity contribution >= 4 is 23.4 Å². The lowest BCUT2D eigenvalue weighted by Gasteiger charge is -2.10. The third kappa shape index (κ3) is 5.49. The van der Waals surface area contributed by atoms with Crippen LogP contribution in [0.5, 0.6) is 0 Å². The van der Waals surface area contributed by atoms with Crippen LogP contribution in [0.25, 0.3) is 17.1 Å². The summed E-state index contributed by atoms with van der Waals surface area (Å²) in [6, 6.07) is 16.5. The Morgan fingerprint density at radius 1 is 1.10 bits per heavy atom. The second-order valence-corrected chi connectivity index (χ2v) is 8.49. The van der Waals surface area contributed by atoms with E-state index >= 15 is 0 Å². The fourth-order valence-electron chi connectivity index (χ4n) is 3.17. The Morgan fingerprint density at radius 2 is 1.84 bits per heavy atom. The molecule has 8 nitrogen and oxygen atoms in total. The highest BCUT2D eigenvalue weighted by Gasteiger charge is 2.22. The summed E-state index contributed by atoms with van der Waals surface area (Å²) in [5.74, 6) is 1.59. The molecule has 1 N–H and O–H groups in total. The number of benzene rings is 2. The zero-order valence-electron chi connectivity index (χ0n) is 16.9. The van der Waals surface area contributed by atoms with E-state index in [2.05, 4.69) is 15.5 Å². The minimum Gasteiger partial charge on any atom is -0.353 e. The lowest BCUT2D eigenvalue weighted by atomic mass is 10.2. The zero-order chi connectivity index (χ0) is 21.6. The van der Waals surface area contributed by atoms with Crippen LogP contribution < -0.4 is 5.32 Å². The predicted octanol–water partition coefficient (Wildman–Crippen LogP) is 4.38. The maximum atomic E-state index is 11.8.